The topological polar surface area (TPSA) is 9.23 Å². The Kier molecular flexibility index (Phi) is 5.56. The van der Waals surface area contributed by atoms with Crippen LogP contribution in [0.1, 0.15) is 13.8 Å². The van der Waals surface area contributed by atoms with Crippen molar-refractivity contribution in [2.75, 3.05) is 19.1 Å². The van der Waals surface area contributed by atoms with Crippen LogP contribution in [-0.4, -0.2) is 19.1 Å². The third-order valence-corrected chi connectivity index (χ3v) is 0.827. The van der Waals surface area contributed by atoms with Gasteiger partial charge in [-0.15, -0.1) is 11.6 Å². The van der Waals surface area contributed by atoms with E-state index < -0.39 is 0 Å². The van der Waals surface area contributed by atoms with E-state index in [0.29, 0.717) is 18.4 Å². The SMILES string of the molecule is CC(C)COCCCl. The Bertz CT molecular complexity index is 45.8. The smallest absolute Gasteiger partial charge is 0.0601 e. The lowest BCUT2D eigenvalue weighted by molar-refractivity contribution is 0.123. The largest absolute Gasteiger partial charge is 0.380 e. The summed E-state index contributed by atoms with van der Waals surface area (Å²) in [5.74, 6) is 1.23. The Labute approximate surface area is 56.0 Å². The van der Waals surface area contributed by atoms with Gasteiger partial charge in [0.2, 0.25) is 0 Å². The predicted octanol–water partition coefficient (Wildman–Crippen LogP) is 1.90. The Balaban J connectivity index is 2.72. The Morgan fingerprint density at radius 2 is 2.12 bits per heavy atom. The van der Waals surface area contributed by atoms with Crippen molar-refractivity contribution in [3.05, 3.63) is 0 Å². The second-order valence-corrected chi connectivity index (χ2v) is 2.54. The van der Waals surface area contributed by atoms with Crippen LogP contribution in [0.25, 0.3) is 0 Å². The second-order valence-electron chi connectivity index (χ2n) is 2.16. The fourth-order valence-electron chi connectivity index (χ4n) is 0.374. The van der Waals surface area contributed by atoms with E-state index in [2.05, 4.69) is 13.8 Å². The molecule has 0 aliphatic heterocycles. The highest BCUT2D eigenvalue weighted by molar-refractivity contribution is 6.17. The molecule has 0 N–H and O–H groups in total. The highest BCUT2D eigenvalue weighted by Gasteiger charge is 1.90. The van der Waals surface area contributed by atoms with E-state index in [1.54, 1.807) is 0 Å². The van der Waals surface area contributed by atoms with Crippen molar-refractivity contribution in [3.63, 3.8) is 0 Å². The van der Waals surface area contributed by atoms with Crippen molar-refractivity contribution in [2.24, 2.45) is 5.92 Å². The summed E-state index contributed by atoms with van der Waals surface area (Å²) in [6.07, 6.45) is 0. The van der Waals surface area contributed by atoms with E-state index >= 15 is 0 Å². The number of ether oxygens (including phenoxy) is 1. The number of hydrogen-bond acceptors (Lipinski definition) is 1. The van der Waals surface area contributed by atoms with Gasteiger partial charge in [0.25, 0.3) is 0 Å². The standard InChI is InChI=1S/C6H13ClO/c1-6(2)5-8-4-3-7/h6H,3-5H2,1-2H3. The van der Waals surface area contributed by atoms with Crippen molar-refractivity contribution in [2.45, 2.75) is 13.8 Å². The van der Waals surface area contributed by atoms with Gasteiger partial charge >= 0.3 is 0 Å². The summed E-state index contributed by atoms with van der Waals surface area (Å²) in [7, 11) is 0. The molecule has 0 atom stereocenters. The zero-order valence-corrected chi connectivity index (χ0v) is 6.24. The van der Waals surface area contributed by atoms with Gasteiger partial charge in [0.1, 0.15) is 0 Å². The molecule has 0 saturated heterocycles. The zero-order valence-electron chi connectivity index (χ0n) is 5.48. The lowest BCUT2D eigenvalue weighted by Gasteiger charge is -2.02. The van der Waals surface area contributed by atoms with Crippen LogP contribution in [0.3, 0.4) is 0 Å². The van der Waals surface area contributed by atoms with Gasteiger partial charge in [-0.3, -0.25) is 0 Å². The van der Waals surface area contributed by atoms with E-state index in [1.807, 2.05) is 0 Å². The summed E-state index contributed by atoms with van der Waals surface area (Å²) < 4.78 is 5.11. The first-order valence-corrected chi connectivity index (χ1v) is 3.44. The minimum absolute atomic E-state index is 0.604. The van der Waals surface area contributed by atoms with E-state index in [9.17, 15) is 0 Å². The number of hydrogen-bond donors (Lipinski definition) is 0. The van der Waals surface area contributed by atoms with Gasteiger partial charge in [-0.1, -0.05) is 13.8 Å². The normalized spacial score (nSPS) is 10.5. The van der Waals surface area contributed by atoms with Gasteiger partial charge < -0.3 is 4.74 Å². The van der Waals surface area contributed by atoms with Crippen molar-refractivity contribution < 1.29 is 4.74 Å². The molecule has 0 aromatic carbocycles. The number of halogens is 1. The Morgan fingerprint density at radius 1 is 1.50 bits per heavy atom. The first-order valence-electron chi connectivity index (χ1n) is 2.91. The van der Waals surface area contributed by atoms with Gasteiger partial charge in [0, 0.05) is 12.5 Å². The minimum atomic E-state index is 0.604. The molecule has 1 nitrogen and oxygen atoms in total. The number of rotatable bonds is 4. The summed E-state index contributed by atoms with van der Waals surface area (Å²) in [4.78, 5) is 0. The Hall–Kier alpha value is 0.250. The number of alkyl halides is 1. The molecule has 0 fully saturated rings. The van der Waals surface area contributed by atoms with Gasteiger partial charge in [0.15, 0.2) is 0 Å². The van der Waals surface area contributed by atoms with Gasteiger partial charge in [-0.2, -0.15) is 0 Å². The fourth-order valence-corrected chi connectivity index (χ4v) is 0.483. The lowest BCUT2D eigenvalue weighted by Crippen LogP contribution is -2.03. The van der Waals surface area contributed by atoms with E-state index in [4.69, 9.17) is 16.3 Å². The molecule has 0 aliphatic rings. The highest BCUT2D eigenvalue weighted by atomic mass is 35.5. The molecule has 0 rings (SSSR count). The molecular weight excluding hydrogens is 124 g/mol. The maximum atomic E-state index is 5.36. The predicted molar refractivity (Wildman–Crippen MR) is 36.4 cm³/mol. The van der Waals surface area contributed by atoms with Crippen LogP contribution >= 0.6 is 11.6 Å². The second kappa shape index (κ2) is 5.39. The summed E-state index contributed by atoms with van der Waals surface area (Å²) in [6, 6.07) is 0. The van der Waals surface area contributed by atoms with Crippen LogP contribution in [0.15, 0.2) is 0 Å². The monoisotopic (exact) mass is 136 g/mol. The fraction of sp³-hybridized carbons (Fsp3) is 1.00. The van der Waals surface area contributed by atoms with E-state index in [0.717, 1.165) is 6.61 Å². The molecule has 0 radical (unpaired) electrons. The van der Waals surface area contributed by atoms with Gasteiger partial charge in [0.05, 0.1) is 6.61 Å². The van der Waals surface area contributed by atoms with Crippen LogP contribution in [0.2, 0.25) is 0 Å². The van der Waals surface area contributed by atoms with Crippen molar-refractivity contribution in [3.8, 4) is 0 Å². The molecule has 0 bridgehead atoms. The highest BCUT2D eigenvalue weighted by Crippen LogP contribution is 1.91. The molecule has 0 aromatic heterocycles. The summed E-state index contributed by atoms with van der Waals surface area (Å²) >= 11 is 5.36. The van der Waals surface area contributed by atoms with Crippen molar-refractivity contribution in [1.82, 2.24) is 0 Å². The molecule has 0 saturated carbocycles. The average Bonchev–Trinajstić information content (AvgIpc) is 1.66. The molecule has 50 valence electrons. The maximum absolute atomic E-state index is 5.36. The molecule has 0 spiro atoms. The van der Waals surface area contributed by atoms with Crippen LogP contribution < -0.4 is 0 Å². The van der Waals surface area contributed by atoms with Crippen LogP contribution in [0.4, 0.5) is 0 Å². The zero-order chi connectivity index (χ0) is 6.41. The van der Waals surface area contributed by atoms with Crippen LogP contribution in [0.5, 0.6) is 0 Å². The molecule has 0 amide bonds. The van der Waals surface area contributed by atoms with E-state index in [-0.39, 0.29) is 0 Å². The first kappa shape index (κ1) is 8.25. The van der Waals surface area contributed by atoms with Gasteiger partial charge in [-0.25, -0.2) is 0 Å². The first-order chi connectivity index (χ1) is 3.77. The molecule has 0 unspecified atom stereocenters. The summed E-state index contributed by atoms with van der Waals surface area (Å²) in [5, 5.41) is 0. The summed E-state index contributed by atoms with van der Waals surface area (Å²) in [5.41, 5.74) is 0. The average molecular weight is 137 g/mol. The van der Waals surface area contributed by atoms with E-state index in [1.165, 1.54) is 0 Å². The molecule has 0 aromatic rings. The lowest BCUT2D eigenvalue weighted by atomic mass is 10.2. The third kappa shape index (κ3) is 6.25. The van der Waals surface area contributed by atoms with Crippen LogP contribution in [-0.2, 0) is 4.74 Å². The van der Waals surface area contributed by atoms with Crippen molar-refractivity contribution in [1.29, 1.82) is 0 Å². The quantitative estimate of drug-likeness (QED) is 0.424. The third-order valence-electron chi connectivity index (χ3n) is 0.673. The molecule has 8 heavy (non-hydrogen) atoms. The molecule has 2 heteroatoms. The van der Waals surface area contributed by atoms with Crippen LogP contribution in [0, 0.1) is 5.92 Å². The summed E-state index contributed by atoms with van der Waals surface area (Å²) in [6.45, 7) is 5.74. The minimum Gasteiger partial charge on any atom is -0.380 e. The molecule has 0 aliphatic carbocycles. The van der Waals surface area contributed by atoms with Gasteiger partial charge in [-0.05, 0) is 5.92 Å². The molecule has 0 heterocycles. The van der Waals surface area contributed by atoms with Crippen molar-refractivity contribution >= 4 is 11.6 Å². The Morgan fingerprint density at radius 3 is 2.50 bits per heavy atom. The maximum Gasteiger partial charge on any atom is 0.0601 e. The molecular formula is C6H13ClO.